The van der Waals surface area contributed by atoms with Crippen LogP contribution in [-0.2, 0) is 11.3 Å². The lowest BCUT2D eigenvalue weighted by Gasteiger charge is -2.14. The maximum absolute atomic E-state index is 12.0. The Kier molecular flexibility index (Phi) is 7.81. The van der Waals surface area contributed by atoms with Crippen LogP contribution in [0.25, 0.3) is 0 Å². The fourth-order valence-electron chi connectivity index (χ4n) is 2.66. The quantitative estimate of drug-likeness (QED) is 0.559. The smallest absolute Gasteiger partial charge is 0.414 e. The van der Waals surface area contributed by atoms with Crippen molar-refractivity contribution in [2.45, 2.75) is 12.7 Å². The number of benzene rings is 2. The van der Waals surface area contributed by atoms with Crippen LogP contribution in [0.1, 0.15) is 5.56 Å². The Labute approximate surface area is 170 Å². The van der Waals surface area contributed by atoms with Gasteiger partial charge in [0.2, 0.25) is 0 Å². The largest absolute Gasteiger partial charge is 0.489 e. The third-order valence-electron chi connectivity index (χ3n) is 3.92. The second-order valence-corrected chi connectivity index (χ2v) is 6.30. The van der Waals surface area contributed by atoms with E-state index in [1.165, 1.54) is 0 Å². The number of cyclic esters (lactones) is 1. The van der Waals surface area contributed by atoms with E-state index >= 15 is 0 Å². The molecule has 7 heteroatoms. The highest BCUT2D eigenvalue weighted by Crippen LogP contribution is 2.24. The van der Waals surface area contributed by atoms with Gasteiger partial charge in [-0.25, -0.2) is 4.79 Å². The summed E-state index contributed by atoms with van der Waals surface area (Å²) in [5.41, 5.74) is 1.76. The summed E-state index contributed by atoms with van der Waals surface area (Å²) < 4.78 is 11.1. The minimum Gasteiger partial charge on any atom is -0.489 e. The highest BCUT2D eigenvalue weighted by Gasteiger charge is 2.31. The van der Waals surface area contributed by atoms with E-state index in [4.69, 9.17) is 27.5 Å². The predicted octanol–water partition coefficient (Wildman–Crippen LogP) is 3.89. The van der Waals surface area contributed by atoms with Gasteiger partial charge < -0.3 is 14.8 Å². The summed E-state index contributed by atoms with van der Waals surface area (Å²) in [7, 11) is 0. The molecule has 1 aliphatic heterocycles. The van der Waals surface area contributed by atoms with E-state index in [9.17, 15) is 4.79 Å². The number of anilines is 1. The summed E-state index contributed by atoms with van der Waals surface area (Å²) in [6, 6.07) is 14.9. The average molecular weight is 407 g/mol. The maximum atomic E-state index is 12.0. The molecule has 27 heavy (non-hydrogen) atoms. The molecule has 2 aromatic rings. The highest BCUT2D eigenvalue weighted by molar-refractivity contribution is 6.30. The molecule has 5 nitrogen and oxygen atoms in total. The van der Waals surface area contributed by atoms with Crippen LogP contribution >= 0.6 is 24.0 Å². The molecule has 1 atom stereocenters. The Morgan fingerprint density at radius 2 is 2.07 bits per heavy atom. The van der Waals surface area contributed by atoms with Gasteiger partial charge in [0.05, 0.1) is 13.1 Å². The number of terminal acetylenes is 1. The fraction of sp³-hybridized carbons (Fsp3) is 0.250. The number of nitrogens with one attached hydrogen (secondary N) is 1. The number of carbonyl (C=O) groups is 1. The van der Waals surface area contributed by atoms with Gasteiger partial charge in [0, 0.05) is 17.3 Å². The van der Waals surface area contributed by atoms with Crippen molar-refractivity contribution in [1.82, 2.24) is 5.32 Å². The minimum absolute atomic E-state index is 0. The standard InChI is InChI=1S/C20H19ClN2O3.ClH/c1-2-10-22-12-19-13-23(20(24)26-19)17-6-8-18(9-7-17)25-14-15-4-3-5-16(21)11-15;/h1,3-9,11,19,22H,10,12-14H2;1H. The summed E-state index contributed by atoms with van der Waals surface area (Å²) >= 11 is 5.97. The third kappa shape index (κ3) is 5.80. The number of amides is 1. The lowest BCUT2D eigenvalue weighted by molar-refractivity contribution is 0.141. The van der Waals surface area contributed by atoms with E-state index in [1.54, 1.807) is 4.90 Å². The van der Waals surface area contributed by atoms with Gasteiger partial charge in [-0.05, 0) is 42.0 Å². The summed E-state index contributed by atoms with van der Waals surface area (Å²) in [6.45, 7) is 1.90. The van der Waals surface area contributed by atoms with Crippen molar-refractivity contribution < 1.29 is 14.3 Å². The Bertz CT molecular complexity index is 806. The first-order chi connectivity index (χ1) is 12.7. The van der Waals surface area contributed by atoms with Crippen molar-refractivity contribution in [3.63, 3.8) is 0 Å². The van der Waals surface area contributed by atoms with Gasteiger partial charge in [-0.2, -0.15) is 0 Å². The number of carbonyl (C=O) groups excluding carboxylic acids is 1. The molecule has 1 amide bonds. The maximum Gasteiger partial charge on any atom is 0.414 e. The third-order valence-corrected chi connectivity index (χ3v) is 4.15. The number of ether oxygens (including phenoxy) is 2. The second-order valence-electron chi connectivity index (χ2n) is 5.86. The van der Waals surface area contributed by atoms with Crippen LogP contribution in [0, 0.1) is 12.3 Å². The molecular weight excluding hydrogens is 387 g/mol. The molecule has 0 spiro atoms. The summed E-state index contributed by atoms with van der Waals surface area (Å²) in [4.78, 5) is 13.6. The van der Waals surface area contributed by atoms with Gasteiger partial charge in [0.1, 0.15) is 18.5 Å². The molecule has 0 aromatic heterocycles. The minimum atomic E-state index is -0.356. The van der Waals surface area contributed by atoms with E-state index in [1.807, 2.05) is 48.5 Å². The Morgan fingerprint density at radius 3 is 2.78 bits per heavy atom. The molecule has 142 valence electrons. The number of hydrogen-bond donors (Lipinski definition) is 1. The molecule has 0 saturated carbocycles. The average Bonchev–Trinajstić information content (AvgIpc) is 3.01. The first-order valence-electron chi connectivity index (χ1n) is 8.25. The molecule has 1 fully saturated rings. The van der Waals surface area contributed by atoms with Crippen molar-refractivity contribution in [2.24, 2.45) is 0 Å². The zero-order valence-electron chi connectivity index (χ0n) is 14.6. The molecule has 2 aromatic carbocycles. The van der Waals surface area contributed by atoms with Crippen molar-refractivity contribution in [2.75, 3.05) is 24.5 Å². The van der Waals surface area contributed by atoms with E-state index in [0.29, 0.717) is 37.0 Å². The molecule has 1 unspecified atom stereocenters. The topological polar surface area (TPSA) is 50.8 Å². The van der Waals surface area contributed by atoms with E-state index in [-0.39, 0.29) is 24.6 Å². The van der Waals surface area contributed by atoms with Gasteiger partial charge in [-0.3, -0.25) is 4.90 Å². The van der Waals surface area contributed by atoms with Crippen LogP contribution in [0.2, 0.25) is 5.02 Å². The van der Waals surface area contributed by atoms with Crippen molar-refractivity contribution in [1.29, 1.82) is 0 Å². The summed E-state index contributed by atoms with van der Waals surface area (Å²) in [5.74, 6) is 3.21. The van der Waals surface area contributed by atoms with Gasteiger partial charge in [0.25, 0.3) is 0 Å². The van der Waals surface area contributed by atoms with Crippen LogP contribution in [0.15, 0.2) is 48.5 Å². The normalized spacial score (nSPS) is 15.6. The molecule has 0 aliphatic carbocycles. The molecule has 0 bridgehead atoms. The SMILES string of the molecule is C#CCNCC1CN(c2ccc(OCc3cccc(Cl)c3)cc2)C(=O)O1.Cl. The van der Waals surface area contributed by atoms with Crippen LogP contribution in [0.5, 0.6) is 5.75 Å². The number of halogens is 2. The van der Waals surface area contributed by atoms with Crippen molar-refractivity contribution in [3.05, 3.63) is 59.1 Å². The lowest BCUT2D eigenvalue weighted by atomic mass is 10.2. The Morgan fingerprint density at radius 1 is 1.30 bits per heavy atom. The van der Waals surface area contributed by atoms with Crippen LogP contribution in [0.4, 0.5) is 10.5 Å². The van der Waals surface area contributed by atoms with Crippen molar-refractivity contribution in [3.8, 4) is 18.1 Å². The summed E-state index contributed by atoms with van der Waals surface area (Å²) in [6.07, 6.45) is 4.62. The van der Waals surface area contributed by atoms with Gasteiger partial charge >= 0.3 is 6.09 Å². The zero-order chi connectivity index (χ0) is 18.4. The number of nitrogens with zero attached hydrogens (tertiary/aromatic N) is 1. The summed E-state index contributed by atoms with van der Waals surface area (Å²) in [5, 5.41) is 3.73. The molecule has 3 rings (SSSR count). The number of rotatable bonds is 7. The van der Waals surface area contributed by atoms with E-state index < -0.39 is 0 Å². The molecule has 1 heterocycles. The molecule has 1 aliphatic rings. The Hall–Kier alpha value is -2.39. The predicted molar refractivity (Wildman–Crippen MR) is 109 cm³/mol. The second kappa shape index (κ2) is 10.1. The lowest BCUT2D eigenvalue weighted by Crippen LogP contribution is -2.31. The molecule has 0 radical (unpaired) electrons. The van der Waals surface area contributed by atoms with Crippen molar-refractivity contribution >= 4 is 35.8 Å². The molecule has 1 N–H and O–H groups in total. The van der Waals surface area contributed by atoms with E-state index in [2.05, 4.69) is 11.2 Å². The van der Waals surface area contributed by atoms with Gasteiger partial charge in [-0.15, -0.1) is 18.8 Å². The van der Waals surface area contributed by atoms with Gasteiger partial charge in [0.15, 0.2) is 0 Å². The monoisotopic (exact) mass is 406 g/mol. The zero-order valence-corrected chi connectivity index (χ0v) is 16.1. The first kappa shape index (κ1) is 20.9. The van der Waals surface area contributed by atoms with Crippen LogP contribution in [-0.4, -0.2) is 31.8 Å². The fourth-order valence-corrected chi connectivity index (χ4v) is 2.87. The molecule has 1 saturated heterocycles. The Balaban J connectivity index is 0.00000261. The van der Waals surface area contributed by atoms with Crippen LogP contribution < -0.4 is 15.0 Å². The van der Waals surface area contributed by atoms with Crippen LogP contribution in [0.3, 0.4) is 0 Å². The molecular formula is C20H20Cl2N2O3. The number of hydrogen-bond acceptors (Lipinski definition) is 4. The van der Waals surface area contributed by atoms with Gasteiger partial charge in [-0.1, -0.05) is 29.7 Å². The highest BCUT2D eigenvalue weighted by atomic mass is 35.5. The van der Waals surface area contributed by atoms with E-state index in [0.717, 1.165) is 11.3 Å². The first-order valence-corrected chi connectivity index (χ1v) is 8.63.